The van der Waals surface area contributed by atoms with Crippen molar-refractivity contribution in [1.82, 2.24) is 0 Å². The minimum absolute atomic E-state index is 0. The van der Waals surface area contributed by atoms with E-state index in [-0.39, 0.29) is 7.43 Å². The molecular formula is C23H32Si2. The Bertz CT molecular complexity index is 663. The van der Waals surface area contributed by atoms with Gasteiger partial charge in [0.25, 0.3) is 0 Å². The summed E-state index contributed by atoms with van der Waals surface area (Å²) >= 11 is 0. The number of rotatable bonds is 3. The van der Waals surface area contributed by atoms with Crippen molar-refractivity contribution in [2.24, 2.45) is 0 Å². The second kappa shape index (κ2) is 10.2. The van der Waals surface area contributed by atoms with Crippen LogP contribution in [0, 0.1) is 0 Å². The average Bonchev–Trinajstić information content (AvgIpc) is 2.64. The third-order valence-corrected chi connectivity index (χ3v) is 9.73. The molecule has 0 amide bonds. The fourth-order valence-corrected chi connectivity index (χ4v) is 6.09. The molecule has 0 unspecified atom stereocenters. The Morgan fingerprint density at radius 2 is 0.880 bits per heavy atom. The molecule has 3 aromatic carbocycles. The highest BCUT2D eigenvalue weighted by molar-refractivity contribution is 7.00. The van der Waals surface area contributed by atoms with Crippen LogP contribution in [0.3, 0.4) is 0 Å². The van der Waals surface area contributed by atoms with Gasteiger partial charge in [0.2, 0.25) is 0 Å². The maximum Gasteiger partial charge on any atom is 0.112 e. The van der Waals surface area contributed by atoms with Crippen LogP contribution in [-0.4, -0.2) is 16.9 Å². The Morgan fingerprint density at radius 1 is 0.560 bits per heavy atom. The van der Waals surface area contributed by atoms with Crippen molar-refractivity contribution in [3.8, 4) is 0 Å². The molecule has 2 heteroatoms. The third kappa shape index (κ3) is 6.15. The summed E-state index contributed by atoms with van der Waals surface area (Å²) in [6, 6.07) is 32.4. The number of hydrogen-bond donors (Lipinski definition) is 0. The van der Waals surface area contributed by atoms with E-state index in [0.717, 1.165) is 0 Å². The van der Waals surface area contributed by atoms with Gasteiger partial charge in [-0.1, -0.05) is 140 Å². The van der Waals surface area contributed by atoms with Gasteiger partial charge in [-0.2, -0.15) is 0 Å². The Balaban J connectivity index is 0.000000270. The maximum atomic E-state index is 2.40. The summed E-state index contributed by atoms with van der Waals surface area (Å²) in [5.74, 6) is 0. The van der Waals surface area contributed by atoms with E-state index in [1.807, 2.05) is 0 Å². The van der Waals surface area contributed by atoms with E-state index in [1.165, 1.54) is 10.4 Å². The first-order valence-corrected chi connectivity index (χ1v) is 14.6. The van der Waals surface area contributed by atoms with Crippen LogP contribution in [-0.2, 0) is 0 Å². The van der Waals surface area contributed by atoms with Crippen LogP contribution < -0.4 is 15.6 Å². The van der Waals surface area contributed by atoms with Crippen LogP contribution in [0.4, 0.5) is 0 Å². The molecule has 0 atom stereocenters. The molecule has 0 bridgehead atoms. The van der Waals surface area contributed by atoms with Crippen LogP contribution in [0.5, 0.6) is 0 Å². The van der Waals surface area contributed by atoms with Crippen LogP contribution >= 0.6 is 0 Å². The molecule has 0 aliphatic rings. The molecule has 0 spiro atoms. The van der Waals surface area contributed by atoms with Crippen molar-refractivity contribution in [1.29, 1.82) is 0 Å². The van der Waals surface area contributed by atoms with E-state index in [1.54, 1.807) is 5.19 Å². The molecular weight excluding hydrogens is 332 g/mol. The predicted molar refractivity (Wildman–Crippen MR) is 121 cm³/mol. The quantitative estimate of drug-likeness (QED) is 0.599. The van der Waals surface area contributed by atoms with Crippen molar-refractivity contribution < 1.29 is 0 Å². The zero-order valence-electron chi connectivity index (χ0n) is 15.2. The molecule has 3 rings (SSSR count). The summed E-state index contributed by atoms with van der Waals surface area (Å²) in [6.07, 6.45) is 0. The molecule has 0 saturated heterocycles. The van der Waals surface area contributed by atoms with E-state index in [4.69, 9.17) is 0 Å². The Kier molecular flexibility index (Phi) is 8.60. The van der Waals surface area contributed by atoms with Gasteiger partial charge in [-0.3, -0.25) is 0 Å². The molecule has 0 N–H and O–H groups in total. The summed E-state index contributed by atoms with van der Waals surface area (Å²) in [6.45, 7) is 9.49. The summed E-state index contributed by atoms with van der Waals surface area (Å²) in [5, 5.41) is 4.55. The number of hydrogen-bond acceptors (Lipinski definition) is 0. The SMILES string of the molecule is C.C[SiH](C)c1ccccc1.C[Si](C)(c1ccccc1)c1ccccc1. The van der Waals surface area contributed by atoms with Gasteiger partial charge in [0.15, 0.2) is 0 Å². The largest absolute Gasteiger partial charge is 0.112 e. The smallest absolute Gasteiger partial charge is 0.0776 e. The molecule has 132 valence electrons. The second-order valence-corrected chi connectivity index (χ2v) is 14.3. The van der Waals surface area contributed by atoms with Crippen molar-refractivity contribution in [2.75, 3.05) is 0 Å². The summed E-state index contributed by atoms with van der Waals surface area (Å²) in [4.78, 5) is 0. The van der Waals surface area contributed by atoms with Gasteiger partial charge in [0.05, 0.1) is 8.80 Å². The van der Waals surface area contributed by atoms with Gasteiger partial charge in [-0.05, 0) is 0 Å². The first-order chi connectivity index (χ1) is 11.5. The molecule has 0 aliphatic heterocycles. The molecule has 0 radical (unpaired) electrons. The molecule has 0 saturated carbocycles. The zero-order chi connectivity index (χ0) is 17.4. The minimum Gasteiger partial charge on any atom is -0.0776 e. The van der Waals surface area contributed by atoms with Gasteiger partial charge in [0, 0.05) is 0 Å². The molecule has 0 nitrogen and oxygen atoms in total. The van der Waals surface area contributed by atoms with Crippen molar-refractivity contribution in [3.05, 3.63) is 91.0 Å². The molecule has 0 aromatic heterocycles. The lowest BCUT2D eigenvalue weighted by molar-refractivity contribution is 1.67. The van der Waals surface area contributed by atoms with E-state index in [2.05, 4.69) is 117 Å². The van der Waals surface area contributed by atoms with Crippen molar-refractivity contribution in [3.63, 3.8) is 0 Å². The Hall–Kier alpha value is -1.91. The normalized spacial score (nSPS) is 10.4. The maximum absolute atomic E-state index is 2.40. The van der Waals surface area contributed by atoms with Crippen LogP contribution in [0.25, 0.3) is 0 Å². The first kappa shape index (κ1) is 21.1. The van der Waals surface area contributed by atoms with E-state index in [0.29, 0.717) is 0 Å². The van der Waals surface area contributed by atoms with Gasteiger partial charge in [-0.25, -0.2) is 0 Å². The van der Waals surface area contributed by atoms with Crippen molar-refractivity contribution in [2.45, 2.75) is 33.6 Å². The van der Waals surface area contributed by atoms with Gasteiger partial charge in [0.1, 0.15) is 8.07 Å². The highest BCUT2D eigenvalue weighted by atomic mass is 28.3. The summed E-state index contributed by atoms with van der Waals surface area (Å²) < 4.78 is 0. The van der Waals surface area contributed by atoms with Crippen LogP contribution in [0.15, 0.2) is 91.0 Å². The average molecular weight is 365 g/mol. The first-order valence-electron chi connectivity index (χ1n) is 8.68. The third-order valence-electron chi connectivity index (χ3n) is 4.46. The van der Waals surface area contributed by atoms with E-state index in [9.17, 15) is 0 Å². The second-order valence-electron chi connectivity index (χ2n) is 6.92. The lowest BCUT2D eigenvalue weighted by atomic mass is 10.4. The summed E-state index contributed by atoms with van der Waals surface area (Å²) in [7, 11) is -1.98. The zero-order valence-corrected chi connectivity index (χ0v) is 17.4. The summed E-state index contributed by atoms with van der Waals surface area (Å²) in [5.41, 5.74) is 0. The van der Waals surface area contributed by atoms with Crippen LogP contribution in [0.2, 0.25) is 26.2 Å². The topological polar surface area (TPSA) is 0 Å². The fourth-order valence-electron chi connectivity index (χ4n) is 2.71. The van der Waals surface area contributed by atoms with E-state index < -0.39 is 16.9 Å². The van der Waals surface area contributed by atoms with Gasteiger partial charge in [-0.15, -0.1) is 0 Å². The highest BCUT2D eigenvalue weighted by Crippen LogP contribution is 2.04. The molecule has 0 heterocycles. The van der Waals surface area contributed by atoms with Gasteiger partial charge >= 0.3 is 0 Å². The lowest BCUT2D eigenvalue weighted by Crippen LogP contribution is -2.52. The molecule has 0 fully saturated rings. The molecule has 0 aliphatic carbocycles. The van der Waals surface area contributed by atoms with E-state index >= 15 is 0 Å². The number of benzene rings is 3. The molecule has 3 aromatic rings. The van der Waals surface area contributed by atoms with Crippen molar-refractivity contribution >= 4 is 32.4 Å². The highest BCUT2D eigenvalue weighted by Gasteiger charge is 2.24. The standard InChI is InChI=1S/C14H16Si.C8H12Si.CH4/c1-15(2,13-9-5-3-6-10-13)14-11-7-4-8-12-14;1-9(2)8-6-4-3-5-7-8;/h3-12H,1-2H3;3-7,9H,1-2H3;1H4. The minimum atomic E-state index is -1.46. The predicted octanol–water partition coefficient (Wildman–Crippen LogP) is 4.53. The Morgan fingerprint density at radius 3 is 1.16 bits per heavy atom. The van der Waals surface area contributed by atoms with Gasteiger partial charge < -0.3 is 0 Å². The monoisotopic (exact) mass is 364 g/mol. The molecule has 25 heavy (non-hydrogen) atoms. The van der Waals surface area contributed by atoms with Crippen LogP contribution in [0.1, 0.15) is 7.43 Å². The lowest BCUT2D eigenvalue weighted by Gasteiger charge is -2.23. The Labute approximate surface area is 157 Å². The fraction of sp³-hybridized carbons (Fsp3) is 0.217.